The summed E-state index contributed by atoms with van der Waals surface area (Å²) in [6.07, 6.45) is 1.82. The molecule has 1 aliphatic rings. The average molecular weight is 478 g/mol. The van der Waals surface area contributed by atoms with Crippen molar-refractivity contribution < 1.29 is 14.3 Å². The standard InChI is InChI=1S/C27H35N5O3/c1-5-31(6-2)26(33)20-13-10-14-32(18-20)27-29-22-16-24(35-4)23(34-3)15-21(22)25(30-27)28-17-19-11-8-7-9-12-19/h7-9,11-12,15-16,20H,5-6,10,13-14,17-18H2,1-4H3,(H,28,29,30). The minimum Gasteiger partial charge on any atom is -0.493 e. The van der Waals surface area contributed by atoms with E-state index in [4.69, 9.17) is 19.4 Å². The van der Waals surface area contributed by atoms with E-state index in [1.165, 1.54) is 0 Å². The number of carbonyl (C=O) groups is 1. The summed E-state index contributed by atoms with van der Waals surface area (Å²) >= 11 is 0. The second-order valence-corrected chi connectivity index (χ2v) is 8.73. The van der Waals surface area contributed by atoms with Crippen molar-refractivity contribution in [2.75, 3.05) is 50.6 Å². The molecule has 0 aliphatic carbocycles. The molecule has 1 fully saturated rings. The molecule has 8 heteroatoms. The number of amides is 1. The minimum absolute atomic E-state index is 0.0471. The van der Waals surface area contributed by atoms with Crippen LogP contribution in [-0.2, 0) is 11.3 Å². The third-order valence-electron chi connectivity index (χ3n) is 6.62. The fraction of sp³-hybridized carbons (Fsp3) is 0.444. The lowest BCUT2D eigenvalue weighted by molar-refractivity contribution is -0.135. The Kier molecular flexibility index (Phi) is 7.90. The summed E-state index contributed by atoms with van der Waals surface area (Å²) in [5.41, 5.74) is 1.92. The quantitative estimate of drug-likeness (QED) is 0.491. The van der Waals surface area contributed by atoms with Gasteiger partial charge in [-0.25, -0.2) is 4.98 Å². The van der Waals surface area contributed by atoms with E-state index in [0.29, 0.717) is 30.5 Å². The number of nitrogens with one attached hydrogen (secondary N) is 1. The van der Waals surface area contributed by atoms with Gasteiger partial charge in [0.25, 0.3) is 0 Å². The molecule has 1 unspecified atom stereocenters. The van der Waals surface area contributed by atoms with E-state index in [2.05, 4.69) is 22.3 Å². The Labute approximate surface area is 207 Å². The molecular weight excluding hydrogens is 442 g/mol. The SMILES string of the molecule is CCN(CC)C(=O)C1CCCN(c2nc(NCc3ccccc3)c3cc(OC)c(OC)cc3n2)C1. The van der Waals surface area contributed by atoms with Crippen LogP contribution in [0.1, 0.15) is 32.3 Å². The number of carbonyl (C=O) groups excluding carboxylic acids is 1. The third-order valence-corrected chi connectivity index (χ3v) is 6.62. The molecule has 1 saturated heterocycles. The molecular formula is C27H35N5O3. The van der Waals surface area contributed by atoms with Crippen molar-refractivity contribution in [2.24, 2.45) is 5.92 Å². The van der Waals surface area contributed by atoms with Crippen LogP contribution >= 0.6 is 0 Å². The van der Waals surface area contributed by atoms with Gasteiger partial charge in [0, 0.05) is 44.2 Å². The van der Waals surface area contributed by atoms with Crippen molar-refractivity contribution in [1.82, 2.24) is 14.9 Å². The molecule has 3 aromatic rings. The smallest absolute Gasteiger partial charge is 0.227 e. The topological polar surface area (TPSA) is 79.8 Å². The first kappa shape index (κ1) is 24.6. The Balaban J connectivity index is 1.69. The summed E-state index contributed by atoms with van der Waals surface area (Å²) in [6, 6.07) is 14.0. The number of hydrogen-bond acceptors (Lipinski definition) is 7. The van der Waals surface area contributed by atoms with Crippen LogP contribution in [0.3, 0.4) is 0 Å². The van der Waals surface area contributed by atoms with Crippen molar-refractivity contribution in [3.8, 4) is 11.5 Å². The van der Waals surface area contributed by atoms with Crippen LogP contribution in [0, 0.1) is 5.92 Å². The maximum atomic E-state index is 13.0. The van der Waals surface area contributed by atoms with Crippen LogP contribution in [0.5, 0.6) is 11.5 Å². The molecule has 2 aromatic carbocycles. The Bertz CT molecular complexity index is 1150. The summed E-state index contributed by atoms with van der Waals surface area (Å²) in [7, 11) is 3.24. The Morgan fingerprint density at radius 2 is 1.80 bits per heavy atom. The van der Waals surface area contributed by atoms with Gasteiger partial charge in [0.1, 0.15) is 5.82 Å². The molecule has 1 atom stereocenters. The van der Waals surface area contributed by atoms with E-state index in [1.807, 2.05) is 49.1 Å². The predicted molar refractivity (Wildman–Crippen MR) is 139 cm³/mol. The summed E-state index contributed by atoms with van der Waals surface area (Å²) < 4.78 is 11.1. The molecule has 0 radical (unpaired) electrons. The molecule has 4 rings (SSSR count). The van der Waals surface area contributed by atoms with Gasteiger partial charge in [-0.2, -0.15) is 4.98 Å². The zero-order chi connectivity index (χ0) is 24.8. The zero-order valence-electron chi connectivity index (χ0n) is 21.1. The van der Waals surface area contributed by atoms with E-state index in [9.17, 15) is 4.79 Å². The van der Waals surface area contributed by atoms with Gasteiger partial charge >= 0.3 is 0 Å². The molecule has 186 valence electrons. The number of hydrogen-bond donors (Lipinski definition) is 1. The molecule has 35 heavy (non-hydrogen) atoms. The largest absolute Gasteiger partial charge is 0.493 e. The van der Waals surface area contributed by atoms with Crippen LogP contribution in [0.4, 0.5) is 11.8 Å². The summed E-state index contributed by atoms with van der Waals surface area (Å²) in [4.78, 5) is 26.9. The molecule has 2 heterocycles. The van der Waals surface area contributed by atoms with Gasteiger partial charge in [0.05, 0.1) is 25.7 Å². The fourth-order valence-electron chi connectivity index (χ4n) is 4.66. The van der Waals surface area contributed by atoms with Crippen LogP contribution in [0.2, 0.25) is 0 Å². The second kappa shape index (κ2) is 11.3. The Hall–Kier alpha value is -3.55. The van der Waals surface area contributed by atoms with Gasteiger partial charge in [0.15, 0.2) is 11.5 Å². The molecule has 0 spiro atoms. The first-order valence-electron chi connectivity index (χ1n) is 12.3. The van der Waals surface area contributed by atoms with Gasteiger partial charge in [-0.05, 0) is 38.3 Å². The average Bonchev–Trinajstić information content (AvgIpc) is 2.92. The van der Waals surface area contributed by atoms with E-state index in [1.54, 1.807) is 14.2 Å². The first-order chi connectivity index (χ1) is 17.1. The van der Waals surface area contributed by atoms with Crippen molar-refractivity contribution >= 4 is 28.6 Å². The zero-order valence-corrected chi connectivity index (χ0v) is 21.1. The number of fused-ring (bicyclic) bond motifs is 1. The molecule has 8 nitrogen and oxygen atoms in total. The van der Waals surface area contributed by atoms with Crippen molar-refractivity contribution in [3.05, 3.63) is 48.0 Å². The van der Waals surface area contributed by atoms with Gasteiger partial charge in [-0.1, -0.05) is 30.3 Å². The second-order valence-electron chi connectivity index (χ2n) is 8.73. The predicted octanol–water partition coefficient (Wildman–Crippen LogP) is 4.34. The van der Waals surface area contributed by atoms with Crippen molar-refractivity contribution in [1.29, 1.82) is 0 Å². The van der Waals surface area contributed by atoms with Gasteiger partial charge in [-0.15, -0.1) is 0 Å². The number of anilines is 2. The number of piperidine rings is 1. The highest BCUT2D eigenvalue weighted by molar-refractivity contribution is 5.93. The molecule has 0 bridgehead atoms. The summed E-state index contributed by atoms with van der Waals surface area (Å²) in [5.74, 6) is 2.77. The van der Waals surface area contributed by atoms with Crippen LogP contribution < -0.4 is 19.7 Å². The minimum atomic E-state index is -0.0471. The summed E-state index contributed by atoms with van der Waals surface area (Å²) in [6.45, 7) is 7.58. The Morgan fingerprint density at radius 1 is 1.09 bits per heavy atom. The number of ether oxygens (including phenoxy) is 2. The monoisotopic (exact) mass is 477 g/mol. The Morgan fingerprint density at radius 3 is 2.49 bits per heavy atom. The number of aromatic nitrogens is 2. The van der Waals surface area contributed by atoms with Crippen LogP contribution in [0.15, 0.2) is 42.5 Å². The molecule has 1 amide bonds. The number of benzene rings is 2. The fourth-order valence-corrected chi connectivity index (χ4v) is 4.66. The maximum absolute atomic E-state index is 13.0. The molecule has 1 aliphatic heterocycles. The van der Waals surface area contributed by atoms with E-state index in [0.717, 1.165) is 54.8 Å². The van der Waals surface area contributed by atoms with Crippen molar-refractivity contribution in [2.45, 2.75) is 33.2 Å². The lowest BCUT2D eigenvalue weighted by atomic mass is 9.96. The van der Waals surface area contributed by atoms with E-state index >= 15 is 0 Å². The third kappa shape index (κ3) is 5.42. The molecule has 1 N–H and O–H groups in total. The highest BCUT2D eigenvalue weighted by Gasteiger charge is 2.30. The van der Waals surface area contributed by atoms with Gasteiger partial charge in [-0.3, -0.25) is 4.79 Å². The number of rotatable bonds is 9. The molecule has 0 saturated carbocycles. The number of methoxy groups -OCH3 is 2. The maximum Gasteiger partial charge on any atom is 0.227 e. The van der Waals surface area contributed by atoms with Crippen LogP contribution in [0.25, 0.3) is 10.9 Å². The van der Waals surface area contributed by atoms with E-state index in [-0.39, 0.29) is 11.8 Å². The van der Waals surface area contributed by atoms with Crippen molar-refractivity contribution in [3.63, 3.8) is 0 Å². The highest BCUT2D eigenvalue weighted by atomic mass is 16.5. The highest BCUT2D eigenvalue weighted by Crippen LogP contribution is 2.35. The van der Waals surface area contributed by atoms with Gasteiger partial charge in [0.2, 0.25) is 11.9 Å². The lowest BCUT2D eigenvalue weighted by Gasteiger charge is -2.34. The van der Waals surface area contributed by atoms with Gasteiger partial charge < -0.3 is 24.6 Å². The normalized spacial score (nSPS) is 15.7. The van der Waals surface area contributed by atoms with Crippen LogP contribution in [-0.4, -0.2) is 61.2 Å². The first-order valence-corrected chi connectivity index (χ1v) is 12.3. The molecule has 1 aromatic heterocycles. The summed E-state index contributed by atoms with van der Waals surface area (Å²) in [5, 5.41) is 4.35. The van der Waals surface area contributed by atoms with E-state index < -0.39 is 0 Å². The number of nitrogens with zero attached hydrogens (tertiary/aromatic N) is 4. The lowest BCUT2D eigenvalue weighted by Crippen LogP contribution is -2.45.